The Morgan fingerprint density at radius 3 is 2.88 bits per heavy atom. The van der Waals surface area contributed by atoms with Crippen LogP contribution in [0.25, 0.3) is 0 Å². The Hall–Kier alpha value is -0.120. The molecule has 0 amide bonds. The number of hydrogen-bond acceptors (Lipinski definition) is 3. The van der Waals surface area contributed by atoms with E-state index in [0.717, 1.165) is 25.0 Å². The molecule has 100 valence electrons. The van der Waals surface area contributed by atoms with Crippen LogP contribution in [0.4, 0.5) is 0 Å². The van der Waals surface area contributed by atoms with Crippen molar-refractivity contribution in [3.05, 3.63) is 0 Å². The molecule has 2 heterocycles. The normalized spacial score (nSPS) is 33.4. The van der Waals surface area contributed by atoms with Gasteiger partial charge in [0.2, 0.25) is 0 Å². The molecule has 0 bridgehead atoms. The van der Waals surface area contributed by atoms with E-state index in [2.05, 4.69) is 36.0 Å². The van der Waals surface area contributed by atoms with E-state index in [0.29, 0.717) is 6.04 Å². The zero-order valence-electron chi connectivity index (χ0n) is 11.8. The second-order valence-corrected chi connectivity index (χ2v) is 5.89. The zero-order valence-corrected chi connectivity index (χ0v) is 11.8. The van der Waals surface area contributed by atoms with Gasteiger partial charge in [0.05, 0.1) is 0 Å². The van der Waals surface area contributed by atoms with E-state index < -0.39 is 0 Å². The molecule has 3 nitrogen and oxygen atoms in total. The van der Waals surface area contributed by atoms with E-state index in [-0.39, 0.29) is 0 Å². The third kappa shape index (κ3) is 3.21. The Morgan fingerprint density at radius 2 is 2.12 bits per heavy atom. The maximum absolute atomic E-state index is 3.47. The summed E-state index contributed by atoms with van der Waals surface area (Å²) in [7, 11) is 2.31. The molecular formula is C14H29N3. The first kappa shape index (κ1) is 13.3. The Labute approximate surface area is 107 Å². The Morgan fingerprint density at radius 1 is 1.29 bits per heavy atom. The lowest BCUT2D eigenvalue weighted by Crippen LogP contribution is -2.55. The van der Waals surface area contributed by atoms with Crippen LogP contribution in [-0.4, -0.2) is 61.7 Å². The van der Waals surface area contributed by atoms with Gasteiger partial charge >= 0.3 is 0 Å². The van der Waals surface area contributed by atoms with E-state index in [1.165, 1.54) is 38.9 Å². The highest BCUT2D eigenvalue weighted by atomic mass is 15.2. The van der Waals surface area contributed by atoms with Crippen LogP contribution < -0.4 is 5.32 Å². The predicted octanol–water partition coefficient (Wildman–Crippen LogP) is 1.40. The second-order valence-electron chi connectivity index (χ2n) is 5.89. The van der Waals surface area contributed by atoms with Gasteiger partial charge in [0.25, 0.3) is 0 Å². The monoisotopic (exact) mass is 239 g/mol. The largest absolute Gasteiger partial charge is 0.315 e. The molecule has 0 saturated carbocycles. The van der Waals surface area contributed by atoms with Crippen molar-refractivity contribution in [3.63, 3.8) is 0 Å². The van der Waals surface area contributed by atoms with Crippen molar-refractivity contribution in [1.29, 1.82) is 0 Å². The number of nitrogens with zero attached hydrogens (tertiary/aromatic N) is 2. The first-order valence-corrected chi connectivity index (χ1v) is 7.37. The van der Waals surface area contributed by atoms with Crippen LogP contribution in [-0.2, 0) is 0 Å². The number of likely N-dealkylation sites (N-methyl/N-ethyl adjacent to an activating group) is 1. The molecule has 17 heavy (non-hydrogen) atoms. The van der Waals surface area contributed by atoms with Crippen LogP contribution >= 0.6 is 0 Å². The summed E-state index contributed by atoms with van der Waals surface area (Å²) in [6, 6.07) is 1.56. The summed E-state index contributed by atoms with van der Waals surface area (Å²) in [4.78, 5) is 5.30. The van der Waals surface area contributed by atoms with Crippen LogP contribution in [0.15, 0.2) is 0 Å². The molecule has 0 spiro atoms. The van der Waals surface area contributed by atoms with Crippen LogP contribution in [0.1, 0.15) is 33.1 Å². The molecule has 2 rings (SSSR count). The van der Waals surface area contributed by atoms with Gasteiger partial charge in [0, 0.05) is 25.2 Å². The fourth-order valence-corrected chi connectivity index (χ4v) is 3.56. The Balaban J connectivity index is 1.84. The van der Waals surface area contributed by atoms with Gasteiger partial charge in [0.1, 0.15) is 0 Å². The average molecular weight is 239 g/mol. The first-order chi connectivity index (χ1) is 8.22. The van der Waals surface area contributed by atoms with E-state index in [4.69, 9.17) is 0 Å². The fourth-order valence-electron chi connectivity index (χ4n) is 3.56. The van der Waals surface area contributed by atoms with E-state index in [1.807, 2.05) is 0 Å². The second kappa shape index (κ2) is 6.17. The van der Waals surface area contributed by atoms with E-state index in [1.54, 1.807) is 0 Å². The smallest absolute Gasteiger partial charge is 0.0192 e. The van der Waals surface area contributed by atoms with Crippen LogP contribution in [0.2, 0.25) is 0 Å². The van der Waals surface area contributed by atoms with Crippen molar-refractivity contribution in [1.82, 2.24) is 15.1 Å². The summed E-state index contributed by atoms with van der Waals surface area (Å²) in [5.41, 5.74) is 0. The predicted molar refractivity (Wildman–Crippen MR) is 73.3 cm³/mol. The third-order valence-electron chi connectivity index (χ3n) is 4.69. The van der Waals surface area contributed by atoms with Crippen LogP contribution in [0, 0.1) is 5.92 Å². The molecule has 0 radical (unpaired) electrons. The third-order valence-corrected chi connectivity index (χ3v) is 4.69. The van der Waals surface area contributed by atoms with Crippen molar-refractivity contribution < 1.29 is 0 Å². The zero-order chi connectivity index (χ0) is 12.3. The molecule has 2 aliphatic heterocycles. The summed E-state index contributed by atoms with van der Waals surface area (Å²) in [6.45, 7) is 10.7. The van der Waals surface area contributed by atoms with Gasteiger partial charge in [-0.15, -0.1) is 0 Å². The summed E-state index contributed by atoms with van der Waals surface area (Å²) in [6.07, 6.45) is 4.21. The minimum absolute atomic E-state index is 0.697. The highest BCUT2D eigenvalue weighted by Gasteiger charge is 2.35. The van der Waals surface area contributed by atoms with Crippen LogP contribution in [0.5, 0.6) is 0 Å². The van der Waals surface area contributed by atoms with Crippen molar-refractivity contribution in [2.24, 2.45) is 5.92 Å². The van der Waals surface area contributed by atoms with E-state index in [9.17, 15) is 0 Å². The quantitative estimate of drug-likeness (QED) is 0.800. The van der Waals surface area contributed by atoms with Crippen molar-refractivity contribution in [2.45, 2.75) is 45.2 Å². The van der Waals surface area contributed by atoms with Crippen molar-refractivity contribution in [2.75, 3.05) is 39.8 Å². The van der Waals surface area contributed by atoms with Gasteiger partial charge in [-0.05, 0) is 58.8 Å². The minimum atomic E-state index is 0.697. The molecule has 1 N–H and O–H groups in total. The Bertz CT molecular complexity index is 232. The van der Waals surface area contributed by atoms with E-state index >= 15 is 0 Å². The molecular weight excluding hydrogens is 210 g/mol. The fraction of sp³-hybridized carbons (Fsp3) is 1.00. The molecule has 2 saturated heterocycles. The summed E-state index contributed by atoms with van der Waals surface area (Å²) >= 11 is 0. The molecule has 2 fully saturated rings. The highest BCUT2D eigenvalue weighted by Crippen LogP contribution is 2.30. The van der Waals surface area contributed by atoms with Crippen molar-refractivity contribution in [3.8, 4) is 0 Å². The lowest BCUT2D eigenvalue weighted by molar-refractivity contribution is 0.0235. The van der Waals surface area contributed by atoms with Crippen molar-refractivity contribution >= 4 is 0 Å². The number of piperidine rings is 2. The topological polar surface area (TPSA) is 18.5 Å². The lowest BCUT2D eigenvalue weighted by Gasteiger charge is -2.47. The maximum Gasteiger partial charge on any atom is 0.0192 e. The molecule has 3 heteroatoms. The maximum atomic E-state index is 3.47. The number of hydrogen-bond donors (Lipinski definition) is 1. The van der Waals surface area contributed by atoms with Gasteiger partial charge in [-0.25, -0.2) is 0 Å². The summed E-state index contributed by atoms with van der Waals surface area (Å²) in [5, 5.41) is 3.47. The molecule has 0 aromatic carbocycles. The number of likely N-dealkylation sites (tertiary alicyclic amines) is 2. The summed E-state index contributed by atoms with van der Waals surface area (Å²) in [5.74, 6) is 0.923. The lowest BCUT2D eigenvalue weighted by atomic mass is 9.84. The van der Waals surface area contributed by atoms with Gasteiger partial charge < -0.3 is 10.2 Å². The highest BCUT2D eigenvalue weighted by molar-refractivity contribution is 4.90. The molecule has 0 aliphatic carbocycles. The van der Waals surface area contributed by atoms with Gasteiger partial charge in [-0.2, -0.15) is 0 Å². The van der Waals surface area contributed by atoms with Crippen LogP contribution in [0.3, 0.4) is 0 Å². The SMILES string of the molecule is CCNCC(C)N1CCC2C(CCCN2C)C1. The molecule has 0 aromatic heterocycles. The summed E-state index contributed by atoms with van der Waals surface area (Å²) < 4.78 is 0. The van der Waals surface area contributed by atoms with Gasteiger partial charge in [0.15, 0.2) is 0 Å². The standard InChI is InChI=1S/C14H29N3/c1-4-15-10-12(2)17-9-7-14-13(11-17)6-5-8-16(14)3/h12-15H,4-11H2,1-3H3. The van der Waals surface area contributed by atoms with Gasteiger partial charge in [-0.1, -0.05) is 6.92 Å². The Kier molecular flexibility index (Phi) is 4.83. The number of fused-ring (bicyclic) bond motifs is 1. The number of nitrogens with one attached hydrogen (secondary N) is 1. The minimum Gasteiger partial charge on any atom is -0.315 e. The molecule has 2 aliphatic rings. The first-order valence-electron chi connectivity index (χ1n) is 7.37. The molecule has 0 aromatic rings. The average Bonchev–Trinajstić information content (AvgIpc) is 2.36. The van der Waals surface area contributed by atoms with Gasteiger partial charge in [-0.3, -0.25) is 4.90 Å². The number of rotatable bonds is 4. The molecule has 3 atom stereocenters. The molecule has 3 unspecified atom stereocenters.